The molecule has 3 aromatic rings. The normalized spacial score (nSPS) is 11.4. The molecule has 3 aromatic carbocycles. The van der Waals surface area contributed by atoms with Crippen LogP contribution in [0.2, 0.25) is 0 Å². The third-order valence-corrected chi connectivity index (χ3v) is 7.34. The fourth-order valence-corrected chi connectivity index (χ4v) is 5.62. The molecule has 0 aliphatic carbocycles. The average Bonchev–Trinajstić information content (AvgIpc) is 2.85. The Hall–Kier alpha value is -3.33. The van der Waals surface area contributed by atoms with Crippen LogP contribution in [-0.2, 0) is 14.9 Å². The van der Waals surface area contributed by atoms with Crippen LogP contribution in [0.1, 0.15) is 11.1 Å². The molecule has 0 atom stereocenters. The summed E-state index contributed by atoms with van der Waals surface area (Å²) in [5.74, 6) is -0.0743. The van der Waals surface area contributed by atoms with Crippen LogP contribution in [0.4, 0.5) is 5.69 Å². The van der Waals surface area contributed by atoms with Crippen molar-refractivity contribution in [3.05, 3.63) is 80.2 Å². The number of halogens is 2. The van der Waals surface area contributed by atoms with Gasteiger partial charge in [0.1, 0.15) is 22.3 Å². The Morgan fingerprint density at radius 2 is 1.61 bits per heavy atom. The monoisotopic (exact) mass is 634 g/mol. The summed E-state index contributed by atoms with van der Waals surface area (Å²) in [5, 5.41) is 12.3. The van der Waals surface area contributed by atoms with Gasteiger partial charge in [0.05, 0.1) is 19.9 Å². The van der Waals surface area contributed by atoms with Gasteiger partial charge in [-0.25, -0.2) is 0 Å². The van der Waals surface area contributed by atoms with Gasteiger partial charge >= 0.3 is 10.1 Å². The van der Waals surface area contributed by atoms with E-state index in [4.69, 9.17) is 13.7 Å². The smallest absolute Gasteiger partial charge is 0.339 e. The zero-order valence-electron chi connectivity index (χ0n) is 19.3. The minimum Gasteiger partial charge on any atom is -0.497 e. The molecular weight excluding hydrogens is 616 g/mol. The lowest BCUT2D eigenvalue weighted by Crippen LogP contribution is -2.14. The van der Waals surface area contributed by atoms with Gasteiger partial charge < -0.3 is 19.0 Å². The molecule has 186 valence electrons. The van der Waals surface area contributed by atoms with Crippen molar-refractivity contribution in [1.82, 2.24) is 0 Å². The van der Waals surface area contributed by atoms with Crippen LogP contribution in [-0.4, -0.2) is 28.5 Å². The van der Waals surface area contributed by atoms with Gasteiger partial charge in [-0.3, -0.25) is 4.79 Å². The Balaban J connectivity index is 1.86. The summed E-state index contributed by atoms with van der Waals surface area (Å²) < 4.78 is 42.3. The van der Waals surface area contributed by atoms with E-state index in [9.17, 15) is 18.5 Å². The molecule has 1 amide bonds. The Morgan fingerprint density at radius 1 is 0.972 bits per heavy atom. The van der Waals surface area contributed by atoms with Crippen LogP contribution in [0, 0.1) is 18.3 Å². The SMILES string of the molecule is COc1ccc(S(=O)(=O)Oc2ccc(/C=C(\C#N)C(=O)Nc3c(Br)cc(C)cc3Br)cc2OC)cc1. The van der Waals surface area contributed by atoms with E-state index in [0.717, 1.165) is 5.56 Å². The summed E-state index contributed by atoms with van der Waals surface area (Å²) in [6.45, 7) is 1.91. The molecule has 1 N–H and O–H groups in total. The van der Waals surface area contributed by atoms with Gasteiger partial charge in [-0.2, -0.15) is 13.7 Å². The molecule has 0 saturated carbocycles. The predicted octanol–water partition coefficient (Wildman–Crippen LogP) is 5.85. The number of carbonyl (C=O) groups is 1. The summed E-state index contributed by atoms with van der Waals surface area (Å²) in [4.78, 5) is 12.7. The van der Waals surface area contributed by atoms with Crippen LogP contribution in [0.5, 0.6) is 17.2 Å². The predicted molar refractivity (Wildman–Crippen MR) is 143 cm³/mol. The summed E-state index contributed by atoms with van der Waals surface area (Å²) >= 11 is 6.81. The van der Waals surface area contributed by atoms with E-state index in [1.165, 1.54) is 62.8 Å². The van der Waals surface area contributed by atoms with Crippen molar-refractivity contribution in [2.45, 2.75) is 11.8 Å². The molecular formula is C25H20Br2N2O6S. The van der Waals surface area contributed by atoms with E-state index in [-0.39, 0.29) is 22.0 Å². The number of aryl methyl sites for hydroxylation is 1. The largest absolute Gasteiger partial charge is 0.497 e. The molecule has 0 aliphatic heterocycles. The van der Waals surface area contributed by atoms with Crippen LogP contribution in [0.25, 0.3) is 6.08 Å². The minimum atomic E-state index is -4.15. The molecule has 3 rings (SSSR count). The molecule has 0 aliphatic rings. The van der Waals surface area contributed by atoms with Crippen LogP contribution < -0.4 is 19.0 Å². The van der Waals surface area contributed by atoms with Crippen molar-refractivity contribution in [1.29, 1.82) is 5.26 Å². The highest BCUT2D eigenvalue weighted by Crippen LogP contribution is 2.34. The number of nitrogens with one attached hydrogen (secondary N) is 1. The molecule has 11 heteroatoms. The van der Waals surface area contributed by atoms with Gasteiger partial charge in [0.15, 0.2) is 11.5 Å². The molecule has 0 radical (unpaired) electrons. The third kappa shape index (κ3) is 6.46. The second-order valence-corrected chi connectivity index (χ2v) is 10.6. The number of nitriles is 1. The highest BCUT2D eigenvalue weighted by atomic mass is 79.9. The topological polar surface area (TPSA) is 115 Å². The van der Waals surface area contributed by atoms with Crippen molar-refractivity contribution in [3.63, 3.8) is 0 Å². The van der Waals surface area contributed by atoms with Gasteiger partial charge in [-0.1, -0.05) is 6.07 Å². The van der Waals surface area contributed by atoms with Gasteiger partial charge in [-0.05, 0) is 105 Å². The lowest BCUT2D eigenvalue weighted by atomic mass is 10.1. The fraction of sp³-hybridized carbons (Fsp3) is 0.120. The van der Waals surface area contributed by atoms with Gasteiger partial charge in [0.2, 0.25) is 0 Å². The Labute approximate surface area is 225 Å². The highest BCUT2D eigenvalue weighted by Gasteiger charge is 2.20. The van der Waals surface area contributed by atoms with E-state index in [1.807, 2.05) is 25.1 Å². The van der Waals surface area contributed by atoms with E-state index in [2.05, 4.69) is 37.2 Å². The molecule has 0 bridgehead atoms. The van der Waals surface area contributed by atoms with Gasteiger partial charge in [0.25, 0.3) is 5.91 Å². The first-order valence-corrected chi connectivity index (χ1v) is 13.2. The zero-order chi connectivity index (χ0) is 26.5. The standard InChI is InChI=1S/C25H20Br2N2O6S/c1-15-10-20(26)24(21(27)11-15)29-25(30)17(14-28)12-16-4-9-22(23(13-16)34-3)35-36(31,32)19-7-5-18(33-2)6-8-19/h4-13H,1-3H3,(H,29,30)/b17-12+. The molecule has 0 unspecified atom stereocenters. The molecule has 8 nitrogen and oxygen atoms in total. The summed E-state index contributed by atoms with van der Waals surface area (Å²) in [6.07, 6.45) is 1.36. The number of hydrogen-bond donors (Lipinski definition) is 1. The van der Waals surface area contributed by atoms with Crippen molar-refractivity contribution in [2.24, 2.45) is 0 Å². The van der Waals surface area contributed by atoms with Crippen LogP contribution in [0.15, 0.2) is 74.0 Å². The fourth-order valence-electron chi connectivity index (χ4n) is 3.07. The zero-order valence-corrected chi connectivity index (χ0v) is 23.3. The average molecular weight is 636 g/mol. The lowest BCUT2D eigenvalue weighted by molar-refractivity contribution is -0.112. The molecule has 0 fully saturated rings. The first-order valence-electron chi connectivity index (χ1n) is 10.2. The number of hydrogen-bond acceptors (Lipinski definition) is 7. The number of anilines is 1. The number of rotatable bonds is 8. The molecule has 0 aromatic heterocycles. The molecule has 0 spiro atoms. The number of amides is 1. The van der Waals surface area contributed by atoms with Crippen molar-refractivity contribution >= 4 is 59.6 Å². The van der Waals surface area contributed by atoms with Crippen molar-refractivity contribution < 1.29 is 26.9 Å². The number of ether oxygens (including phenoxy) is 2. The quantitative estimate of drug-likeness (QED) is 0.188. The number of nitrogens with zero attached hydrogens (tertiary/aromatic N) is 1. The maximum absolute atomic E-state index is 12.8. The summed E-state index contributed by atoms with van der Waals surface area (Å²) in [5.41, 5.74) is 1.72. The first-order chi connectivity index (χ1) is 17.1. The van der Waals surface area contributed by atoms with Gasteiger partial charge in [-0.15, -0.1) is 0 Å². The van der Waals surface area contributed by atoms with E-state index in [1.54, 1.807) is 0 Å². The number of benzene rings is 3. The van der Waals surface area contributed by atoms with E-state index >= 15 is 0 Å². The minimum absolute atomic E-state index is 0.0547. The Bertz CT molecular complexity index is 1460. The van der Waals surface area contributed by atoms with Crippen LogP contribution >= 0.6 is 31.9 Å². The maximum Gasteiger partial charge on any atom is 0.339 e. The summed E-state index contributed by atoms with van der Waals surface area (Å²) in [7, 11) is -1.33. The van der Waals surface area contributed by atoms with Crippen molar-refractivity contribution in [2.75, 3.05) is 19.5 Å². The first kappa shape index (κ1) is 27.3. The molecule has 0 saturated heterocycles. The second-order valence-electron chi connectivity index (χ2n) is 7.35. The lowest BCUT2D eigenvalue weighted by Gasteiger charge is -2.12. The highest BCUT2D eigenvalue weighted by molar-refractivity contribution is 9.11. The maximum atomic E-state index is 12.8. The number of methoxy groups -OCH3 is 2. The van der Waals surface area contributed by atoms with Crippen LogP contribution in [0.3, 0.4) is 0 Å². The molecule has 36 heavy (non-hydrogen) atoms. The molecule has 0 heterocycles. The Morgan fingerprint density at radius 3 is 2.17 bits per heavy atom. The number of carbonyl (C=O) groups excluding carboxylic acids is 1. The van der Waals surface area contributed by atoms with E-state index in [0.29, 0.717) is 25.9 Å². The second kappa shape index (κ2) is 11.6. The Kier molecular flexibility index (Phi) is 8.79. The third-order valence-electron chi connectivity index (χ3n) is 4.84. The van der Waals surface area contributed by atoms with E-state index < -0.39 is 16.0 Å². The summed E-state index contributed by atoms with van der Waals surface area (Å²) in [6, 6.07) is 15.6. The van der Waals surface area contributed by atoms with Gasteiger partial charge in [0, 0.05) is 8.95 Å². The van der Waals surface area contributed by atoms with Crippen molar-refractivity contribution in [3.8, 4) is 23.3 Å².